The maximum Gasteiger partial charge on any atom is 0.329 e. The lowest BCUT2D eigenvalue weighted by Crippen LogP contribution is -2.44. The Morgan fingerprint density at radius 1 is 1.43 bits per heavy atom. The third-order valence-electron chi connectivity index (χ3n) is 2.60. The van der Waals surface area contributed by atoms with E-state index in [2.05, 4.69) is 5.32 Å². The van der Waals surface area contributed by atoms with Gasteiger partial charge < -0.3 is 15.8 Å². The number of nitrogens with one attached hydrogen (secondary N) is 1. The van der Waals surface area contributed by atoms with Gasteiger partial charge in [0, 0.05) is 15.6 Å². The van der Waals surface area contributed by atoms with Crippen molar-refractivity contribution in [1.82, 2.24) is 5.32 Å². The summed E-state index contributed by atoms with van der Waals surface area (Å²) in [6, 6.07) is 3.38. The van der Waals surface area contributed by atoms with Crippen LogP contribution >= 0.6 is 35.0 Å². The first-order chi connectivity index (χ1) is 9.93. The van der Waals surface area contributed by atoms with Crippen molar-refractivity contribution in [2.24, 2.45) is 5.73 Å². The summed E-state index contributed by atoms with van der Waals surface area (Å²) in [7, 11) is 0. The molecule has 1 rings (SSSR count). The minimum Gasteiger partial charge on any atom is -0.459 e. The fourth-order valence-corrected chi connectivity index (χ4v) is 2.48. The number of hydrogen-bond acceptors (Lipinski definition) is 4. The second-order valence-corrected chi connectivity index (χ2v) is 6.02. The van der Waals surface area contributed by atoms with Crippen LogP contribution < -0.4 is 11.1 Å². The van der Waals surface area contributed by atoms with Crippen LogP contribution in [0.3, 0.4) is 0 Å². The number of esters is 1. The molecule has 8 heteroatoms. The van der Waals surface area contributed by atoms with Crippen molar-refractivity contribution in [3.8, 4) is 0 Å². The van der Waals surface area contributed by atoms with Gasteiger partial charge in [0.15, 0.2) is 0 Å². The molecule has 0 fully saturated rings. The fourth-order valence-electron chi connectivity index (χ4n) is 1.54. The Labute approximate surface area is 137 Å². The zero-order chi connectivity index (χ0) is 15.8. The molecule has 116 valence electrons. The highest BCUT2D eigenvalue weighted by atomic mass is 35.5. The molecular formula is C13H16Cl2N2O3S. The Kier molecular flexibility index (Phi) is 7.71. The number of amides is 2. The fraction of sp³-hybridized carbons (Fsp3) is 0.385. The predicted molar refractivity (Wildman–Crippen MR) is 85.8 cm³/mol. The number of thioether (sulfide) groups is 1. The Balaban J connectivity index is 2.61. The van der Waals surface area contributed by atoms with E-state index in [1.54, 1.807) is 30.0 Å². The molecular weight excluding hydrogens is 335 g/mol. The number of carbonyl (C=O) groups is 2. The summed E-state index contributed by atoms with van der Waals surface area (Å²) in [5.74, 6) is 0.149. The quantitative estimate of drug-likeness (QED) is 0.740. The summed E-state index contributed by atoms with van der Waals surface area (Å²) >= 11 is 13.3. The Hall–Kier alpha value is -1.11. The topological polar surface area (TPSA) is 81.4 Å². The van der Waals surface area contributed by atoms with E-state index in [1.807, 2.05) is 6.26 Å². The standard InChI is InChI=1S/C13H16Cl2N2O3S/c1-21-5-4-11(17-13(16)19)12(18)20-7-8-2-3-9(14)6-10(8)15/h2-3,6,11H,4-5,7H2,1H3,(H3,16,17,19)/t11-/m1/s1. The molecule has 0 bridgehead atoms. The number of rotatable bonds is 7. The maximum absolute atomic E-state index is 12.0. The van der Waals surface area contributed by atoms with Gasteiger partial charge in [-0.3, -0.25) is 0 Å². The van der Waals surface area contributed by atoms with Crippen molar-refractivity contribution in [3.63, 3.8) is 0 Å². The minimum absolute atomic E-state index is 0.00501. The van der Waals surface area contributed by atoms with Gasteiger partial charge in [-0.1, -0.05) is 29.3 Å². The summed E-state index contributed by atoms with van der Waals surface area (Å²) in [4.78, 5) is 22.9. The number of hydrogen-bond donors (Lipinski definition) is 2. The molecule has 3 N–H and O–H groups in total. The van der Waals surface area contributed by atoms with Crippen LogP contribution in [0.4, 0.5) is 4.79 Å². The lowest BCUT2D eigenvalue weighted by atomic mass is 10.2. The molecule has 0 heterocycles. The Morgan fingerprint density at radius 2 is 2.14 bits per heavy atom. The predicted octanol–water partition coefficient (Wildman–Crippen LogP) is 2.83. The molecule has 1 aromatic carbocycles. The van der Waals surface area contributed by atoms with Crippen molar-refractivity contribution in [2.45, 2.75) is 19.1 Å². The molecule has 0 saturated carbocycles. The highest BCUT2D eigenvalue weighted by Crippen LogP contribution is 2.21. The normalized spacial score (nSPS) is 11.8. The zero-order valence-corrected chi connectivity index (χ0v) is 13.7. The van der Waals surface area contributed by atoms with Crippen molar-refractivity contribution >= 4 is 47.0 Å². The monoisotopic (exact) mass is 350 g/mol. The molecule has 0 radical (unpaired) electrons. The van der Waals surface area contributed by atoms with E-state index in [0.717, 1.165) is 0 Å². The Bertz CT molecular complexity index is 514. The average Bonchev–Trinajstić information content (AvgIpc) is 2.41. The van der Waals surface area contributed by atoms with Crippen LogP contribution in [0.25, 0.3) is 0 Å². The number of halogens is 2. The van der Waals surface area contributed by atoms with E-state index >= 15 is 0 Å². The number of urea groups is 1. The number of primary amides is 1. The SMILES string of the molecule is CSCC[C@@H](NC(N)=O)C(=O)OCc1ccc(Cl)cc1Cl. The third kappa shape index (κ3) is 6.46. The number of carbonyl (C=O) groups excluding carboxylic acids is 2. The van der Waals surface area contributed by atoms with Crippen LogP contribution in [0.2, 0.25) is 10.0 Å². The van der Waals surface area contributed by atoms with Crippen molar-refractivity contribution in [1.29, 1.82) is 0 Å². The summed E-state index contributed by atoms with van der Waals surface area (Å²) in [5.41, 5.74) is 5.69. The molecule has 0 aliphatic rings. The Morgan fingerprint density at radius 3 is 2.71 bits per heavy atom. The summed E-state index contributed by atoms with van der Waals surface area (Å²) in [6.45, 7) is 0.00501. The second-order valence-electron chi connectivity index (χ2n) is 4.19. The molecule has 0 spiro atoms. The molecule has 1 aromatic rings. The smallest absolute Gasteiger partial charge is 0.329 e. The number of nitrogens with two attached hydrogens (primary N) is 1. The first kappa shape index (κ1) is 17.9. The maximum atomic E-state index is 12.0. The molecule has 2 amide bonds. The van der Waals surface area contributed by atoms with Gasteiger partial charge in [-0.15, -0.1) is 0 Å². The van der Waals surface area contributed by atoms with Crippen LogP contribution in [-0.4, -0.2) is 30.1 Å². The van der Waals surface area contributed by atoms with Crippen LogP contribution in [-0.2, 0) is 16.1 Å². The number of benzene rings is 1. The van der Waals surface area contributed by atoms with Crippen LogP contribution in [0.1, 0.15) is 12.0 Å². The van der Waals surface area contributed by atoms with Gasteiger partial charge in [0.05, 0.1) is 0 Å². The van der Waals surface area contributed by atoms with E-state index < -0.39 is 18.0 Å². The van der Waals surface area contributed by atoms with Gasteiger partial charge in [0.25, 0.3) is 0 Å². The zero-order valence-electron chi connectivity index (χ0n) is 11.4. The average molecular weight is 351 g/mol. The van der Waals surface area contributed by atoms with Crippen molar-refractivity contribution in [2.75, 3.05) is 12.0 Å². The molecule has 0 aliphatic carbocycles. The molecule has 0 unspecified atom stereocenters. The third-order valence-corrected chi connectivity index (χ3v) is 3.83. The van der Waals surface area contributed by atoms with Crippen LogP contribution in [0, 0.1) is 0 Å². The van der Waals surface area contributed by atoms with Crippen molar-refractivity contribution in [3.05, 3.63) is 33.8 Å². The van der Waals surface area contributed by atoms with E-state index in [9.17, 15) is 9.59 Å². The van der Waals surface area contributed by atoms with Crippen LogP contribution in [0.15, 0.2) is 18.2 Å². The molecule has 0 aliphatic heterocycles. The number of ether oxygens (including phenoxy) is 1. The largest absolute Gasteiger partial charge is 0.459 e. The molecule has 0 aromatic heterocycles. The molecule has 0 saturated heterocycles. The molecule has 21 heavy (non-hydrogen) atoms. The lowest BCUT2D eigenvalue weighted by Gasteiger charge is -2.16. The first-order valence-corrected chi connectivity index (χ1v) is 8.24. The summed E-state index contributed by atoms with van der Waals surface area (Å²) < 4.78 is 5.16. The van der Waals surface area contributed by atoms with Gasteiger partial charge in [-0.05, 0) is 30.6 Å². The van der Waals surface area contributed by atoms with Gasteiger partial charge in [-0.25, -0.2) is 9.59 Å². The second kappa shape index (κ2) is 9.02. The summed E-state index contributed by atoms with van der Waals surface area (Å²) in [6.07, 6.45) is 2.34. The highest BCUT2D eigenvalue weighted by molar-refractivity contribution is 7.98. The first-order valence-electron chi connectivity index (χ1n) is 6.09. The van der Waals surface area contributed by atoms with E-state index in [0.29, 0.717) is 27.8 Å². The molecule has 5 nitrogen and oxygen atoms in total. The lowest BCUT2D eigenvalue weighted by molar-refractivity contribution is -0.147. The van der Waals surface area contributed by atoms with Crippen LogP contribution in [0.5, 0.6) is 0 Å². The van der Waals surface area contributed by atoms with Gasteiger partial charge in [-0.2, -0.15) is 11.8 Å². The van der Waals surface area contributed by atoms with E-state index in [4.69, 9.17) is 33.7 Å². The van der Waals surface area contributed by atoms with Gasteiger partial charge in [0.1, 0.15) is 12.6 Å². The highest BCUT2D eigenvalue weighted by Gasteiger charge is 2.21. The van der Waals surface area contributed by atoms with E-state index in [1.165, 1.54) is 0 Å². The minimum atomic E-state index is -0.763. The molecule has 1 atom stereocenters. The van der Waals surface area contributed by atoms with Gasteiger partial charge in [0.2, 0.25) is 0 Å². The van der Waals surface area contributed by atoms with Crippen molar-refractivity contribution < 1.29 is 14.3 Å². The summed E-state index contributed by atoms with van der Waals surface area (Å²) in [5, 5.41) is 3.29. The van der Waals surface area contributed by atoms with E-state index in [-0.39, 0.29) is 6.61 Å². The van der Waals surface area contributed by atoms with Gasteiger partial charge >= 0.3 is 12.0 Å².